The Balaban J connectivity index is 2.19. The van der Waals surface area contributed by atoms with Crippen LogP contribution in [-0.4, -0.2) is 24.5 Å². The Morgan fingerprint density at radius 2 is 1.27 bits per heavy atom. The fourth-order valence-electron chi connectivity index (χ4n) is 4.03. The summed E-state index contributed by atoms with van der Waals surface area (Å²) < 4.78 is 5.66. The van der Waals surface area contributed by atoms with E-state index in [1.165, 1.54) is 12.8 Å². The molecule has 22 heavy (non-hydrogen) atoms. The fraction of sp³-hybridized carbons (Fsp3) is 0.400. The monoisotopic (exact) mass is 313 g/mol. The van der Waals surface area contributed by atoms with E-state index in [0.717, 1.165) is 18.9 Å². The van der Waals surface area contributed by atoms with Crippen molar-refractivity contribution in [2.24, 2.45) is 0 Å². The zero-order valence-corrected chi connectivity index (χ0v) is 14.5. The van der Waals surface area contributed by atoms with E-state index in [0.29, 0.717) is 5.66 Å². The third-order valence-corrected chi connectivity index (χ3v) is 10.6. The summed E-state index contributed by atoms with van der Waals surface area (Å²) in [6.07, 6.45) is 2.38. The quantitative estimate of drug-likeness (QED) is 0.767. The molecule has 0 amide bonds. The molecule has 1 aliphatic heterocycles. The molecule has 2 aromatic carbocycles. The van der Waals surface area contributed by atoms with Crippen LogP contribution in [-0.2, 0) is 4.74 Å². The van der Waals surface area contributed by atoms with Crippen molar-refractivity contribution >= 4 is 17.9 Å². The van der Waals surface area contributed by atoms with Crippen molar-refractivity contribution in [2.45, 2.75) is 38.0 Å². The molecule has 3 rings (SSSR count). The normalized spacial score (nSPS) is 16.9. The average Bonchev–Trinajstić information content (AvgIpc) is 2.58. The van der Waals surface area contributed by atoms with Gasteiger partial charge in [-0.25, -0.2) is 0 Å². The van der Waals surface area contributed by atoms with Gasteiger partial charge in [0.2, 0.25) is 0 Å². The molecule has 2 aromatic rings. The Bertz CT molecular complexity index is 534. The van der Waals surface area contributed by atoms with Crippen LogP contribution in [0.5, 0.6) is 0 Å². The van der Waals surface area contributed by atoms with E-state index in [4.69, 9.17) is 4.74 Å². The molecule has 1 fully saturated rings. The van der Waals surface area contributed by atoms with Gasteiger partial charge in [-0.15, -0.1) is 0 Å². The van der Waals surface area contributed by atoms with Gasteiger partial charge in [-0.3, -0.25) is 0 Å². The molecule has 1 heterocycles. The molecular weight excluding hydrogens is 287 g/mol. The van der Waals surface area contributed by atoms with Crippen molar-refractivity contribution in [1.29, 1.82) is 0 Å². The molecule has 0 aromatic heterocycles. The van der Waals surface area contributed by atoms with Crippen LogP contribution in [0.2, 0.25) is 0 Å². The number of ether oxygens (including phenoxy) is 1. The zero-order valence-electron chi connectivity index (χ0n) is 13.6. The first-order chi connectivity index (χ1) is 10.8. The first-order valence-electron chi connectivity index (χ1n) is 8.33. The third kappa shape index (κ3) is 2.73. The Morgan fingerprint density at radius 1 is 0.818 bits per heavy atom. The second-order valence-corrected chi connectivity index (χ2v) is 10.7. The third-order valence-electron chi connectivity index (χ3n) is 4.95. The van der Waals surface area contributed by atoms with Crippen molar-refractivity contribution in [2.75, 3.05) is 13.2 Å². The van der Waals surface area contributed by atoms with Gasteiger partial charge in [0.1, 0.15) is 0 Å². The highest BCUT2D eigenvalue weighted by molar-refractivity contribution is 7.90. The Labute approximate surface area is 135 Å². The number of rotatable bonds is 4. The predicted molar refractivity (Wildman–Crippen MR) is 98.0 cm³/mol. The number of benzene rings is 2. The lowest BCUT2D eigenvalue weighted by Crippen LogP contribution is -2.39. The van der Waals surface area contributed by atoms with Crippen molar-refractivity contribution in [3.63, 3.8) is 0 Å². The van der Waals surface area contributed by atoms with Crippen molar-refractivity contribution in [3.8, 4) is 0 Å². The molecule has 1 aliphatic rings. The Hall–Kier alpha value is -1.17. The summed E-state index contributed by atoms with van der Waals surface area (Å²) in [5.74, 6) is 0. The molecular formula is C20H26OP+. The standard InChI is InChI=1S/C20H26OP/c1-17(2)22(18-9-5-3-6-10-18,19-11-7-4-8-12-19)20-13-15-21-16-14-20/h3-12,17,20H,13-16H2,1-2H3/q+1. The van der Waals surface area contributed by atoms with Gasteiger partial charge in [0.25, 0.3) is 0 Å². The molecule has 0 spiro atoms. The summed E-state index contributed by atoms with van der Waals surface area (Å²) in [5.41, 5.74) is 1.39. The van der Waals surface area contributed by atoms with Gasteiger partial charge in [-0.2, -0.15) is 0 Å². The average molecular weight is 313 g/mol. The molecule has 2 heteroatoms. The summed E-state index contributed by atoms with van der Waals surface area (Å²) in [5, 5.41) is 3.12. The smallest absolute Gasteiger partial charge is 0.0997 e. The minimum atomic E-state index is -1.43. The Kier molecular flexibility index (Phi) is 4.96. The highest BCUT2D eigenvalue weighted by Crippen LogP contribution is 2.66. The van der Waals surface area contributed by atoms with E-state index in [2.05, 4.69) is 74.5 Å². The molecule has 116 valence electrons. The second kappa shape index (κ2) is 6.94. The lowest BCUT2D eigenvalue weighted by Gasteiger charge is -2.39. The first-order valence-corrected chi connectivity index (χ1v) is 10.3. The maximum atomic E-state index is 5.66. The van der Waals surface area contributed by atoms with Crippen molar-refractivity contribution < 1.29 is 4.74 Å². The predicted octanol–water partition coefficient (Wildman–Crippen LogP) is 4.24. The van der Waals surface area contributed by atoms with E-state index >= 15 is 0 Å². The van der Waals surface area contributed by atoms with Gasteiger partial charge in [0.05, 0.1) is 42.4 Å². The molecule has 0 radical (unpaired) electrons. The van der Waals surface area contributed by atoms with Crippen molar-refractivity contribution in [3.05, 3.63) is 60.7 Å². The number of hydrogen-bond donors (Lipinski definition) is 0. The van der Waals surface area contributed by atoms with E-state index < -0.39 is 7.26 Å². The Morgan fingerprint density at radius 3 is 1.68 bits per heavy atom. The topological polar surface area (TPSA) is 9.23 Å². The van der Waals surface area contributed by atoms with Gasteiger partial charge >= 0.3 is 0 Å². The van der Waals surface area contributed by atoms with Crippen LogP contribution in [0.1, 0.15) is 26.7 Å². The maximum Gasteiger partial charge on any atom is 0.0997 e. The second-order valence-electron chi connectivity index (χ2n) is 6.39. The fourth-order valence-corrected chi connectivity index (χ4v) is 9.56. The van der Waals surface area contributed by atoms with Crippen LogP contribution in [0.4, 0.5) is 0 Å². The van der Waals surface area contributed by atoms with E-state index in [1.54, 1.807) is 10.6 Å². The molecule has 0 saturated carbocycles. The lowest BCUT2D eigenvalue weighted by atomic mass is 10.2. The van der Waals surface area contributed by atoms with Crippen LogP contribution in [0.3, 0.4) is 0 Å². The summed E-state index contributed by atoms with van der Waals surface area (Å²) >= 11 is 0. The van der Waals surface area contributed by atoms with Crippen LogP contribution < -0.4 is 10.6 Å². The summed E-state index contributed by atoms with van der Waals surface area (Å²) in [6, 6.07) is 22.5. The lowest BCUT2D eigenvalue weighted by molar-refractivity contribution is 0.0988. The van der Waals surface area contributed by atoms with Crippen LogP contribution in [0.15, 0.2) is 60.7 Å². The maximum absolute atomic E-state index is 5.66. The molecule has 0 aliphatic carbocycles. The summed E-state index contributed by atoms with van der Waals surface area (Å²) in [7, 11) is -1.43. The van der Waals surface area contributed by atoms with Gasteiger partial charge in [-0.05, 0) is 38.1 Å². The molecule has 1 saturated heterocycles. The van der Waals surface area contributed by atoms with Crippen LogP contribution in [0.25, 0.3) is 0 Å². The zero-order chi connectivity index (χ0) is 15.4. The molecule has 0 N–H and O–H groups in total. The minimum Gasteiger partial charge on any atom is -0.381 e. The SMILES string of the molecule is CC(C)[P+](c1ccccc1)(c1ccccc1)C1CCOCC1. The minimum absolute atomic E-state index is 0.653. The largest absolute Gasteiger partial charge is 0.381 e. The number of hydrogen-bond acceptors (Lipinski definition) is 1. The molecule has 0 unspecified atom stereocenters. The van der Waals surface area contributed by atoms with Gasteiger partial charge < -0.3 is 4.74 Å². The summed E-state index contributed by atoms with van der Waals surface area (Å²) in [4.78, 5) is 0. The molecule has 0 bridgehead atoms. The van der Waals surface area contributed by atoms with Gasteiger partial charge in [0.15, 0.2) is 0 Å². The van der Waals surface area contributed by atoms with Gasteiger partial charge in [0, 0.05) is 12.8 Å². The molecule has 0 atom stereocenters. The van der Waals surface area contributed by atoms with E-state index in [1.807, 2.05) is 0 Å². The van der Waals surface area contributed by atoms with Crippen molar-refractivity contribution in [1.82, 2.24) is 0 Å². The summed E-state index contributed by atoms with van der Waals surface area (Å²) in [6.45, 7) is 6.67. The first kappa shape index (κ1) is 15.7. The highest BCUT2D eigenvalue weighted by atomic mass is 31.2. The molecule has 1 nitrogen and oxygen atoms in total. The van der Waals surface area contributed by atoms with Crippen LogP contribution >= 0.6 is 7.26 Å². The van der Waals surface area contributed by atoms with E-state index in [9.17, 15) is 0 Å². The van der Waals surface area contributed by atoms with E-state index in [-0.39, 0.29) is 0 Å². The van der Waals surface area contributed by atoms with Gasteiger partial charge in [-0.1, -0.05) is 36.4 Å². The van der Waals surface area contributed by atoms with Crippen LogP contribution in [0, 0.1) is 0 Å². The highest BCUT2D eigenvalue weighted by Gasteiger charge is 2.52.